The molecule has 0 spiro atoms. The third kappa shape index (κ3) is 5.11. The van der Waals surface area contributed by atoms with E-state index in [1.54, 1.807) is 43.5 Å². The number of benzene rings is 2. The molecule has 1 atom stereocenters. The van der Waals surface area contributed by atoms with Crippen molar-refractivity contribution in [1.29, 1.82) is 0 Å². The molecule has 170 valence electrons. The number of ether oxygens (including phenoxy) is 2. The molecular weight excluding hydrogens is 410 g/mol. The minimum absolute atomic E-state index is 0.0104. The smallest absolute Gasteiger partial charge is 0.295 e. The lowest BCUT2D eigenvalue weighted by molar-refractivity contribution is -0.140. The molecule has 0 saturated carbocycles. The van der Waals surface area contributed by atoms with E-state index < -0.39 is 17.7 Å². The maximum Gasteiger partial charge on any atom is 0.295 e. The minimum atomic E-state index is -0.816. The Labute approximate surface area is 187 Å². The number of carbonyl (C=O) groups excluding carboxylic acids is 2. The van der Waals surface area contributed by atoms with Crippen LogP contribution in [0.25, 0.3) is 5.76 Å². The summed E-state index contributed by atoms with van der Waals surface area (Å²) >= 11 is 0. The number of rotatable bonds is 10. The first-order valence-corrected chi connectivity index (χ1v) is 10.8. The lowest BCUT2D eigenvalue weighted by Gasteiger charge is -2.25. The van der Waals surface area contributed by atoms with E-state index in [1.807, 2.05) is 0 Å². The number of aliphatic hydroxyl groups excluding tert-OH is 1. The molecule has 3 rings (SSSR count). The van der Waals surface area contributed by atoms with E-state index in [9.17, 15) is 19.8 Å². The number of Topliss-reactive ketones (excluding diaryl/α,β-unsaturated/α-hetero) is 1. The van der Waals surface area contributed by atoms with Crippen LogP contribution >= 0.6 is 0 Å². The molecule has 32 heavy (non-hydrogen) atoms. The number of aromatic hydroxyl groups is 1. The van der Waals surface area contributed by atoms with Crippen LogP contribution in [-0.2, 0) is 14.3 Å². The molecule has 1 fully saturated rings. The Balaban J connectivity index is 2.04. The van der Waals surface area contributed by atoms with Crippen molar-refractivity contribution >= 4 is 17.4 Å². The van der Waals surface area contributed by atoms with E-state index >= 15 is 0 Å². The van der Waals surface area contributed by atoms with Crippen molar-refractivity contribution in [2.45, 2.75) is 32.2 Å². The molecule has 1 saturated heterocycles. The van der Waals surface area contributed by atoms with Crippen LogP contribution < -0.4 is 4.74 Å². The second-order valence-electron chi connectivity index (χ2n) is 7.66. The summed E-state index contributed by atoms with van der Waals surface area (Å²) in [6.07, 6.45) is 2.43. The third-order valence-corrected chi connectivity index (χ3v) is 5.35. The topological polar surface area (TPSA) is 96.3 Å². The first-order valence-electron chi connectivity index (χ1n) is 10.8. The number of aliphatic hydroxyl groups is 1. The van der Waals surface area contributed by atoms with Gasteiger partial charge in [0.1, 0.15) is 17.3 Å². The molecule has 0 bridgehead atoms. The third-order valence-electron chi connectivity index (χ3n) is 5.35. The quantitative estimate of drug-likeness (QED) is 0.251. The molecule has 0 radical (unpaired) electrons. The Morgan fingerprint density at radius 1 is 1.06 bits per heavy atom. The standard InChI is InChI=1S/C25H29NO6/c1-3-4-14-32-20-11-6-9-18(16-20)23(28)21-22(17-8-5-10-19(27)15-17)26(12-7-13-31-2)25(30)24(21)29/h5-6,8-11,15-16,22,27-28H,3-4,7,12-14H2,1-2H3/b23-21+. The number of methoxy groups -OCH3 is 1. The Kier molecular flexibility index (Phi) is 7.89. The van der Waals surface area contributed by atoms with Crippen molar-refractivity contribution in [3.8, 4) is 11.5 Å². The van der Waals surface area contributed by atoms with Crippen molar-refractivity contribution < 1.29 is 29.3 Å². The Hall–Kier alpha value is -3.32. The fourth-order valence-electron chi connectivity index (χ4n) is 3.75. The molecule has 1 heterocycles. The highest BCUT2D eigenvalue weighted by Gasteiger charge is 2.45. The van der Waals surface area contributed by atoms with E-state index in [4.69, 9.17) is 9.47 Å². The van der Waals surface area contributed by atoms with Crippen molar-refractivity contribution in [3.05, 3.63) is 65.2 Å². The van der Waals surface area contributed by atoms with Gasteiger partial charge in [0, 0.05) is 25.8 Å². The van der Waals surface area contributed by atoms with Gasteiger partial charge in [-0.25, -0.2) is 0 Å². The van der Waals surface area contributed by atoms with E-state index in [2.05, 4.69) is 6.92 Å². The number of amides is 1. The van der Waals surface area contributed by atoms with Crippen LogP contribution in [0.1, 0.15) is 43.4 Å². The van der Waals surface area contributed by atoms with E-state index in [0.717, 1.165) is 12.8 Å². The molecule has 2 N–H and O–H groups in total. The van der Waals surface area contributed by atoms with Crippen LogP contribution in [0.2, 0.25) is 0 Å². The molecular formula is C25H29NO6. The van der Waals surface area contributed by atoms with E-state index in [1.165, 1.54) is 17.0 Å². The minimum Gasteiger partial charge on any atom is -0.508 e. The van der Waals surface area contributed by atoms with Gasteiger partial charge in [-0.2, -0.15) is 0 Å². The Morgan fingerprint density at radius 3 is 2.56 bits per heavy atom. The van der Waals surface area contributed by atoms with Crippen molar-refractivity contribution in [3.63, 3.8) is 0 Å². The second kappa shape index (κ2) is 10.8. The van der Waals surface area contributed by atoms with Gasteiger partial charge in [0.2, 0.25) is 0 Å². The second-order valence-corrected chi connectivity index (χ2v) is 7.66. The zero-order valence-electron chi connectivity index (χ0n) is 18.4. The largest absolute Gasteiger partial charge is 0.508 e. The summed E-state index contributed by atoms with van der Waals surface area (Å²) in [7, 11) is 1.57. The van der Waals surface area contributed by atoms with Crippen molar-refractivity contribution in [2.24, 2.45) is 0 Å². The predicted octanol–water partition coefficient (Wildman–Crippen LogP) is 4.03. The molecule has 0 aromatic heterocycles. The number of phenolic OH excluding ortho intramolecular Hbond substituents is 1. The number of likely N-dealkylation sites (tertiary alicyclic amines) is 1. The lowest BCUT2D eigenvalue weighted by atomic mass is 9.95. The number of hydrogen-bond donors (Lipinski definition) is 2. The number of carbonyl (C=O) groups is 2. The summed E-state index contributed by atoms with van der Waals surface area (Å²) < 4.78 is 10.8. The maximum absolute atomic E-state index is 13.0. The average Bonchev–Trinajstić information content (AvgIpc) is 3.04. The molecule has 1 unspecified atom stereocenters. The lowest BCUT2D eigenvalue weighted by Crippen LogP contribution is -2.31. The number of hydrogen-bond acceptors (Lipinski definition) is 6. The first kappa shape index (κ1) is 23.3. The highest BCUT2D eigenvalue weighted by Crippen LogP contribution is 2.40. The van der Waals surface area contributed by atoms with Crippen LogP contribution in [0, 0.1) is 0 Å². The van der Waals surface area contributed by atoms with Crippen LogP contribution in [0.15, 0.2) is 54.1 Å². The highest BCUT2D eigenvalue weighted by molar-refractivity contribution is 6.46. The Morgan fingerprint density at radius 2 is 1.84 bits per heavy atom. The summed E-state index contributed by atoms with van der Waals surface area (Å²) in [4.78, 5) is 27.3. The van der Waals surface area contributed by atoms with Gasteiger partial charge in [-0.15, -0.1) is 0 Å². The van der Waals surface area contributed by atoms with Gasteiger partial charge in [-0.05, 0) is 42.7 Å². The maximum atomic E-state index is 13.0. The van der Waals surface area contributed by atoms with Crippen molar-refractivity contribution in [2.75, 3.05) is 26.9 Å². The molecule has 1 amide bonds. The van der Waals surface area contributed by atoms with E-state index in [0.29, 0.717) is 36.5 Å². The zero-order valence-corrected chi connectivity index (χ0v) is 18.4. The number of phenols is 1. The zero-order chi connectivity index (χ0) is 23.1. The summed E-state index contributed by atoms with van der Waals surface area (Å²) in [5.74, 6) is -1.13. The van der Waals surface area contributed by atoms with Crippen LogP contribution in [-0.4, -0.2) is 53.7 Å². The normalized spacial score (nSPS) is 17.7. The van der Waals surface area contributed by atoms with Crippen molar-refractivity contribution in [1.82, 2.24) is 4.90 Å². The summed E-state index contributed by atoms with van der Waals surface area (Å²) in [6, 6.07) is 12.4. The number of nitrogens with zero attached hydrogens (tertiary/aromatic N) is 1. The molecule has 2 aromatic rings. The predicted molar refractivity (Wildman–Crippen MR) is 120 cm³/mol. The molecule has 7 nitrogen and oxygen atoms in total. The molecule has 0 aliphatic carbocycles. The van der Waals surface area contributed by atoms with Crippen LogP contribution in [0.3, 0.4) is 0 Å². The van der Waals surface area contributed by atoms with Gasteiger partial charge in [0.15, 0.2) is 0 Å². The first-order chi connectivity index (χ1) is 15.5. The fraction of sp³-hybridized carbons (Fsp3) is 0.360. The van der Waals surface area contributed by atoms with Gasteiger partial charge in [-0.3, -0.25) is 9.59 Å². The Bertz CT molecular complexity index is 999. The van der Waals surface area contributed by atoms with Crippen LogP contribution in [0.4, 0.5) is 0 Å². The highest BCUT2D eigenvalue weighted by atomic mass is 16.5. The van der Waals surface area contributed by atoms with Gasteiger partial charge in [0.25, 0.3) is 11.7 Å². The average molecular weight is 440 g/mol. The monoisotopic (exact) mass is 439 g/mol. The molecule has 7 heteroatoms. The molecule has 1 aliphatic rings. The van der Waals surface area contributed by atoms with E-state index in [-0.39, 0.29) is 23.6 Å². The summed E-state index contributed by atoms with van der Waals surface area (Å²) in [6.45, 7) is 3.31. The summed E-state index contributed by atoms with van der Waals surface area (Å²) in [5.41, 5.74) is 0.918. The fourth-order valence-corrected chi connectivity index (χ4v) is 3.75. The van der Waals surface area contributed by atoms with Gasteiger partial charge >= 0.3 is 0 Å². The van der Waals surface area contributed by atoms with Gasteiger partial charge in [0.05, 0.1) is 18.2 Å². The van der Waals surface area contributed by atoms with Gasteiger partial charge < -0.3 is 24.6 Å². The number of ketones is 1. The summed E-state index contributed by atoms with van der Waals surface area (Å²) in [5, 5.41) is 21.1. The van der Waals surface area contributed by atoms with Gasteiger partial charge in [-0.1, -0.05) is 37.6 Å². The SMILES string of the molecule is CCCCOc1cccc(/C(O)=C2\C(=O)C(=O)N(CCCOC)C2c2cccc(O)c2)c1. The molecule has 1 aliphatic heterocycles. The molecule has 2 aromatic carbocycles. The van der Waals surface area contributed by atoms with Crippen LogP contribution in [0.5, 0.6) is 11.5 Å². The number of unbranched alkanes of at least 4 members (excludes halogenated alkanes) is 1.